The second kappa shape index (κ2) is 6.96. The molecule has 1 aromatic rings. The highest BCUT2D eigenvalue weighted by Gasteiger charge is 2.22. The molecule has 104 valence electrons. The lowest BCUT2D eigenvalue weighted by Crippen LogP contribution is -2.51. The zero-order valence-electron chi connectivity index (χ0n) is 11.6. The molecule has 1 saturated heterocycles. The van der Waals surface area contributed by atoms with Crippen LogP contribution < -0.4 is 10.6 Å². The summed E-state index contributed by atoms with van der Waals surface area (Å²) in [4.78, 5) is 12.1. The average molecular weight is 278 g/mol. The molecule has 0 saturated carbocycles. The molecule has 2 rings (SSSR count). The molecular formula is C15H22N2OS. The number of nitrogens with one attached hydrogen (secondary N) is 2. The summed E-state index contributed by atoms with van der Waals surface area (Å²) in [6.45, 7) is 5.11. The van der Waals surface area contributed by atoms with Gasteiger partial charge in [-0.15, -0.1) is 0 Å². The minimum atomic E-state index is -0.0296. The van der Waals surface area contributed by atoms with E-state index in [2.05, 4.69) is 42.7 Å². The molecule has 19 heavy (non-hydrogen) atoms. The van der Waals surface area contributed by atoms with Gasteiger partial charge in [-0.25, -0.2) is 0 Å². The van der Waals surface area contributed by atoms with E-state index >= 15 is 0 Å². The summed E-state index contributed by atoms with van der Waals surface area (Å²) in [6, 6.07) is 8.48. The number of aryl methyl sites for hydroxylation is 1. The third-order valence-corrected chi connectivity index (χ3v) is 4.48. The normalized spacial score (nSPS) is 20.8. The van der Waals surface area contributed by atoms with E-state index in [0.717, 1.165) is 24.5 Å². The fraction of sp³-hybridized carbons (Fsp3) is 0.533. The van der Waals surface area contributed by atoms with Crippen LogP contribution in [0.5, 0.6) is 0 Å². The monoisotopic (exact) mass is 278 g/mol. The summed E-state index contributed by atoms with van der Waals surface area (Å²) in [5.41, 5.74) is 2.59. The van der Waals surface area contributed by atoms with E-state index in [1.54, 1.807) is 0 Å². The van der Waals surface area contributed by atoms with E-state index in [0.29, 0.717) is 0 Å². The van der Waals surface area contributed by atoms with Crippen LogP contribution in [0.15, 0.2) is 24.3 Å². The fourth-order valence-corrected chi connectivity index (χ4v) is 3.23. The highest BCUT2D eigenvalue weighted by Crippen LogP contribution is 2.11. The Labute approximate surface area is 119 Å². The number of benzene rings is 1. The summed E-state index contributed by atoms with van der Waals surface area (Å²) in [7, 11) is 0. The number of carbonyl (C=O) groups is 1. The van der Waals surface area contributed by atoms with Gasteiger partial charge in [0.15, 0.2) is 0 Å². The maximum atomic E-state index is 12.1. The molecule has 1 aliphatic heterocycles. The number of rotatable bonds is 4. The molecular weight excluding hydrogens is 256 g/mol. The van der Waals surface area contributed by atoms with Gasteiger partial charge in [0.2, 0.25) is 5.91 Å². The van der Waals surface area contributed by atoms with E-state index in [4.69, 9.17) is 0 Å². The van der Waals surface area contributed by atoms with Gasteiger partial charge in [-0.2, -0.15) is 11.8 Å². The molecule has 4 heteroatoms. The molecule has 0 radical (unpaired) electrons. The van der Waals surface area contributed by atoms with Gasteiger partial charge in [0.1, 0.15) is 0 Å². The van der Waals surface area contributed by atoms with Gasteiger partial charge in [0, 0.05) is 24.1 Å². The van der Waals surface area contributed by atoms with Crippen molar-refractivity contribution in [3.05, 3.63) is 35.4 Å². The molecule has 0 spiro atoms. The van der Waals surface area contributed by atoms with Crippen molar-refractivity contribution in [2.75, 3.05) is 18.1 Å². The minimum absolute atomic E-state index is 0.0296. The number of hydrogen-bond donors (Lipinski definition) is 2. The van der Waals surface area contributed by atoms with Crippen molar-refractivity contribution in [3.63, 3.8) is 0 Å². The number of hydrogen-bond acceptors (Lipinski definition) is 3. The van der Waals surface area contributed by atoms with E-state index in [-0.39, 0.29) is 18.0 Å². The molecule has 2 unspecified atom stereocenters. The standard InChI is InChI=1S/C15H22N2OS/c1-11-5-3-4-6-13(11)9-12(2)17-15(18)14-10-19-8-7-16-14/h3-6,12,14,16H,7-10H2,1-2H3,(H,17,18). The molecule has 1 heterocycles. The smallest absolute Gasteiger partial charge is 0.238 e. The third-order valence-electron chi connectivity index (χ3n) is 3.41. The topological polar surface area (TPSA) is 41.1 Å². The zero-order valence-corrected chi connectivity index (χ0v) is 12.4. The lowest BCUT2D eigenvalue weighted by atomic mass is 10.0. The second-order valence-corrected chi connectivity index (χ2v) is 6.27. The van der Waals surface area contributed by atoms with E-state index in [9.17, 15) is 4.79 Å². The first-order valence-corrected chi connectivity index (χ1v) is 7.98. The summed E-state index contributed by atoms with van der Waals surface area (Å²) in [5.74, 6) is 2.11. The fourth-order valence-electron chi connectivity index (χ4n) is 2.30. The maximum Gasteiger partial charge on any atom is 0.238 e. The Bertz CT molecular complexity index is 430. The van der Waals surface area contributed by atoms with Crippen LogP contribution in [0.1, 0.15) is 18.1 Å². The van der Waals surface area contributed by atoms with Crippen LogP contribution in [0.25, 0.3) is 0 Å². The van der Waals surface area contributed by atoms with Crippen molar-refractivity contribution in [1.29, 1.82) is 0 Å². The van der Waals surface area contributed by atoms with Crippen molar-refractivity contribution in [2.24, 2.45) is 0 Å². The Morgan fingerprint density at radius 2 is 2.32 bits per heavy atom. The van der Waals surface area contributed by atoms with Crippen LogP contribution in [0.2, 0.25) is 0 Å². The van der Waals surface area contributed by atoms with Crippen molar-refractivity contribution in [2.45, 2.75) is 32.4 Å². The van der Waals surface area contributed by atoms with E-state index in [1.165, 1.54) is 11.1 Å². The van der Waals surface area contributed by atoms with Crippen LogP contribution in [0, 0.1) is 6.92 Å². The summed E-state index contributed by atoms with van der Waals surface area (Å²) in [6.07, 6.45) is 0.887. The third kappa shape index (κ3) is 4.25. The zero-order chi connectivity index (χ0) is 13.7. The predicted molar refractivity (Wildman–Crippen MR) is 81.6 cm³/mol. The van der Waals surface area contributed by atoms with Crippen LogP contribution in [0.4, 0.5) is 0 Å². The lowest BCUT2D eigenvalue weighted by molar-refractivity contribution is -0.123. The number of thioether (sulfide) groups is 1. The quantitative estimate of drug-likeness (QED) is 0.881. The minimum Gasteiger partial charge on any atom is -0.352 e. The first kappa shape index (κ1) is 14.4. The second-order valence-electron chi connectivity index (χ2n) is 5.12. The Morgan fingerprint density at radius 1 is 1.53 bits per heavy atom. The number of amides is 1. The molecule has 1 fully saturated rings. The molecule has 0 aromatic heterocycles. The van der Waals surface area contributed by atoms with Gasteiger partial charge in [-0.05, 0) is 31.4 Å². The van der Waals surface area contributed by atoms with Crippen molar-refractivity contribution < 1.29 is 4.79 Å². The molecule has 1 amide bonds. The molecule has 0 aliphatic carbocycles. The lowest BCUT2D eigenvalue weighted by Gasteiger charge is -2.24. The largest absolute Gasteiger partial charge is 0.352 e. The first-order valence-electron chi connectivity index (χ1n) is 6.83. The molecule has 1 aromatic carbocycles. The van der Waals surface area contributed by atoms with Crippen molar-refractivity contribution >= 4 is 17.7 Å². The molecule has 2 atom stereocenters. The van der Waals surface area contributed by atoms with Gasteiger partial charge in [-0.1, -0.05) is 24.3 Å². The van der Waals surface area contributed by atoms with Gasteiger partial charge in [0.25, 0.3) is 0 Å². The van der Waals surface area contributed by atoms with Gasteiger partial charge in [0.05, 0.1) is 6.04 Å². The summed E-state index contributed by atoms with van der Waals surface area (Å²) >= 11 is 1.84. The van der Waals surface area contributed by atoms with Crippen LogP contribution >= 0.6 is 11.8 Å². The Morgan fingerprint density at radius 3 is 3.00 bits per heavy atom. The molecule has 3 nitrogen and oxygen atoms in total. The van der Waals surface area contributed by atoms with E-state index < -0.39 is 0 Å². The predicted octanol–water partition coefficient (Wildman–Crippen LogP) is 1.75. The molecule has 1 aliphatic rings. The molecule has 0 bridgehead atoms. The van der Waals surface area contributed by atoms with Gasteiger partial charge in [-0.3, -0.25) is 4.79 Å². The van der Waals surface area contributed by atoms with Crippen molar-refractivity contribution in [3.8, 4) is 0 Å². The number of carbonyl (C=O) groups excluding carboxylic acids is 1. The maximum absolute atomic E-state index is 12.1. The van der Waals surface area contributed by atoms with Crippen LogP contribution in [-0.2, 0) is 11.2 Å². The average Bonchev–Trinajstić information content (AvgIpc) is 2.42. The highest BCUT2D eigenvalue weighted by molar-refractivity contribution is 7.99. The molecule has 2 N–H and O–H groups in total. The van der Waals surface area contributed by atoms with E-state index in [1.807, 2.05) is 17.8 Å². The summed E-state index contributed by atoms with van der Waals surface area (Å²) in [5, 5.41) is 6.38. The summed E-state index contributed by atoms with van der Waals surface area (Å²) < 4.78 is 0. The Balaban J connectivity index is 1.85. The van der Waals surface area contributed by atoms with Crippen LogP contribution in [0.3, 0.4) is 0 Å². The SMILES string of the molecule is Cc1ccccc1CC(C)NC(=O)C1CSCCN1. The Hall–Kier alpha value is -1.000. The van der Waals surface area contributed by atoms with Gasteiger partial charge < -0.3 is 10.6 Å². The van der Waals surface area contributed by atoms with Gasteiger partial charge >= 0.3 is 0 Å². The van der Waals surface area contributed by atoms with Crippen molar-refractivity contribution in [1.82, 2.24) is 10.6 Å². The first-order chi connectivity index (χ1) is 9.16. The Kier molecular flexibility index (Phi) is 5.28. The van der Waals surface area contributed by atoms with Crippen LogP contribution in [-0.4, -0.2) is 36.0 Å². The highest BCUT2D eigenvalue weighted by atomic mass is 32.2.